The van der Waals surface area contributed by atoms with Crippen LogP contribution in [-0.2, 0) is 0 Å². The first kappa shape index (κ1) is 17.0. The van der Waals surface area contributed by atoms with E-state index >= 15 is 0 Å². The Hall–Kier alpha value is -2.09. The average molecular weight is 288 g/mol. The zero-order valence-corrected chi connectivity index (χ0v) is 13.3. The third-order valence-electron chi connectivity index (χ3n) is 3.19. The molecule has 0 aliphatic carbocycles. The molecule has 5 heteroatoms. The van der Waals surface area contributed by atoms with E-state index in [1.807, 2.05) is 26.8 Å². The van der Waals surface area contributed by atoms with Gasteiger partial charge in [-0.25, -0.2) is 0 Å². The van der Waals surface area contributed by atoms with Crippen molar-refractivity contribution < 1.29 is 4.79 Å². The molecule has 1 aromatic rings. The molecule has 0 unspecified atom stereocenters. The molecule has 0 saturated carbocycles. The fourth-order valence-corrected chi connectivity index (χ4v) is 2.06. The van der Waals surface area contributed by atoms with Gasteiger partial charge in [0.25, 0.3) is 5.91 Å². The van der Waals surface area contributed by atoms with Gasteiger partial charge in [-0.2, -0.15) is 5.26 Å². The van der Waals surface area contributed by atoms with Crippen LogP contribution < -0.4 is 5.32 Å². The van der Waals surface area contributed by atoms with Gasteiger partial charge < -0.3 is 10.2 Å². The number of nitrogens with one attached hydrogen (secondary N) is 1. The number of nitriles is 1. The third kappa shape index (κ3) is 4.75. The summed E-state index contributed by atoms with van der Waals surface area (Å²) in [5.41, 5.74) is 2.26. The minimum absolute atomic E-state index is 0.0474. The zero-order chi connectivity index (χ0) is 15.8. The molecule has 0 aliphatic rings. The number of carbonyl (C=O) groups excluding carboxylic acids is 1. The fourth-order valence-electron chi connectivity index (χ4n) is 2.06. The molecular formula is C16H24N4O. The molecule has 21 heavy (non-hydrogen) atoms. The van der Waals surface area contributed by atoms with Crippen molar-refractivity contribution in [1.82, 2.24) is 9.88 Å². The van der Waals surface area contributed by atoms with Crippen molar-refractivity contribution in [2.75, 3.05) is 18.4 Å². The molecule has 114 valence electrons. The lowest BCUT2D eigenvalue weighted by atomic mass is 10.1. The lowest BCUT2D eigenvalue weighted by molar-refractivity contribution is 0.0711. The van der Waals surface area contributed by atoms with E-state index in [4.69, 9.17) is 5.26 Å². The Morgan fingerprint density at radius 1 is 1.52 bits per heavy atom. The van der Waals surface area contributed by atoms with Gasteiger partial charge in [-0.15, -0.1) is 0 Å². The molecular weight excluding hydrogens is 264 g/mol. The van der Waals surface area contributed by atoms with Crippen LogP contribution in [0.2, 0.25) is 0 Å². The number of aryl methyl sites for hydroxylation is 1. The molecule has 1 N–H and O–H groups in total. The van der Waals surface area contributed by atoms with Crippen molar-refractivity contribution in [3.05, 3.63) is 23.5 Å². The highest BCUT2D eigenvalue weighted by Crippen LogP contribution is 2.19. The highest BCUT2D eigenvalue weighted by molar-refractivity contribution is 5.99. The number of rotatable bonds is 7. The second-order valence-electron chi connectivity index (χ2n) is 5.30. The first-order valence-corrected chi connectivity index (χ1v) is 7.39. The Labute approximate surface area is 127 Å². The van der Waals surface area contributed by atoms with Gasteiger partial charge in [0, 0.05) is 31.0 Å². The van der Waals surface area contributed by atoms with E-state index in [9.17, 15) is 4.79 Å². The number of nitrogens with zero attached hydrogens (tertiary/aromatic N) is 3. The van der Waals surface area contributed by atoms with Crippen LogP contribution in [-0.4, -0.2) is 34.9 Å². The molecule has 5 nitrogen and oxygen atoms in total. The molecule has 0 spiro atoms. The normalized spacial score (nSPS) is 10.3. The predicted molar refractivity (Wildman–Crippen MR) is 84.2 cm³/mol. The minimum Gasteiger partial charge on any atom is -0.384 e. The Morgan fingerprint density at radius 3 is 2.81 bits per heavy atom. The molecule has 1 rings (SSSR count). The van der Waals surface area contributed by atoms with Gasteiger partial charge in [0.2, 0.25) is 0 Å². The Morgan fingerprint density at radius 2 is 2.24 bits per heavy atom. The Bertz CT molecular complexity index is 519. The third-order valence-corrected chi connectivity index (χ3v) is 3.19. The van der Waals surface area contributed by atoms with Crippen molar-refractivity contribution >= 4 is 11.6 Å². The van der Waals surface area contributed by atoms with E-state index in [1.54, 1.807) is 11.1 Å². The summed E-state index contributed by atoms with van der Waals surface area (Å²) in [4.78, 5) is 18.7. The largest absolute Gasteiger partial charge is 0.384 e. The number of hydrogen-bond acceptors (Lipinski definition) is 4. The highest BCUT2D eigenvalue weighted by Gasteiger charge is 2.21. The molecule has 0 atom stereocenters. The van der Waals surface area contributed by atoms with Crippen molar-refractivity contribution in [3.8, 4) is 6.07 Å². The molecule has 0 aliphatic heterocycles. The first-order valence-electron chi connectivity index (χ1n) is 7.39. The summed E-state index contributed by atoms with van der Waals surface area (Å²) in [6, 6.07) is 4.03. The van der Waals surface area contributed by atoms with Gasteiger partial charge in [0.1, 0.15) is 0 Å². The number of pyridine rings is 1. The van der Waals surface area contributed by atoms with Crippen LogP contribution in [0, 0.1) is 18.3 Å². The van der Waals surface area contributed by atoms with Crippen LogP contribution in [0.3, 0.4) is 0 Å². The molecule has 0 bridgehead atoms. The van der Waals surface area contributed by atoms with E-state index in [-0.39, 0.29) is 11.9 Å². The number of amides is 1. The lowest BCUT2D eigenvalue weighted by Crippen LogP contribution is -2.38. The topological polar surface area (TPSA) is 69.0 Å². The maximum Gasteiger partial charge on any atom is 0.257 e. The standard InChI is InChI=1S/C16H24N4O/c1-5-8-18-15-10-13(4)19-11-14(15)16(21)20(12(2)3)9-6-7-17/h10-12H,5-6,8-9H2,1-4H3,(H,18,19). The number of carbonyl (C=O) groups is 1. The van der Waals surface area contributed by atoms with E-state index in [0.29, 0.717) is 18.5 Å². The van der Waals surface area contributed by atoms with E-state index in [1.165, 1.54) is 0 Å². The summed E-state index contributed by atoms with van der Waals surface area (Å²) in [6.45, 7) is 9.14. The number of hydrogen-bond donors (Lipinski definition) is 1. The van der Waals surface area contributed by atoms with Crippen molar-refractivity contribution in [1.29, 1.82) is 5.26 Å². The van der Waals surface area contributed by atoms with Crippen LogP contribution in [0.5, 0.6) is 0 Å². The number of anilines is 1. The summed E-state index contributed by atoms with van der Waals surface area (Å²) in [6.07, 6.45) is 2.94. The molecule has 0 radical (unpaired) electrons. The smallest absolute Gasteiger partial charge is 0.257 e. The van der Waals surface area contributed by atoms with Crippen LogP contribution in [0.4, 0.5) is 5.69 Å². The van der Waals surface area contributed by atoms with Crippen LogP contribution >= 0.6 is 0 Å². The summed E-state index contributed by atoms with van der Waals surface area (Å²) >= 11 is 0. The fraction of sp³-hybridized carbons (Fsp3) is 0.562. The molecule has 0 aromatic carbocycles. The van der Waals surface area contributed by atoms with E-state index in [0.717, 1.165) is 24.3 Å². The quantitative estimate of drug-likeness (QED) is 0.837. The molecule has 0 saturated heterocycles. The summed E-state index contributed by atoms with van der Waals surface area (Å²) in [5, 5.41) is 12.0. The van der Waals surface area contributed by atoms with Gasteiger partial charge >= 0.3 is 0 Å². The summed E-state index contributed by atoms with van der Waals surface area (Å²) in [7, 11) is 0. The van der Waals surface area contributed by atoms with Gasteiger partial charge in [0.15, 0.2) is 0 Å². The summed E-state index contributed by atoms with van der Waals surface area (Å²) < 4.78 is 0. The Balaban J connectivity index is 3.06. The van der Waals surface area contributed by atoms with Crippen LogP contribution in [0.25, 0.3) is 0 Å². The first-order chi connectivity index (χ1) is 10.0. The molecule has 1 heterocycles. The van der Waals surface area contributed by atoms with Gasteiger partial charge in [-0.05, 0) is 33.3 Å². The maximum atomic E-state index is 12.7. The zero-order valence-electron chi connectivity index (χ0n) is 13.3. The van der Waals surface area contributed by atoms with Crippen LogP contribution in [0.15, 0.2) is 12.3 Å². The van der Waals surface area contributed by atoms with Crippen molar-refractivity contribution in [3.63, 3.8) is 0 Å². The molecule has 1 amide bonds. The van der Waals surface area contributed by atoms with Gasteiger partial charge in [-0.1, -0.05) is 6.92 Å². The maximum absolute atomic E-state index is 12.7. The monoisotopic (exact) mass is 288 g/mol. The van der Waals surface area contributed by atoms with Crippen molar-refractivity contribution in [2.45, 2.75) is 46.6 Å². The summed E-state index contributed by atoms with van der Waals surface area (Å²) in [5.74, 6) is -0.0775. The Kier molecular flexibility index (Phi) is 6.67. The number of aromatic nitrogens is 1. The van der Waals surface area contributed by atoms with Crippen LogP contribution in [0.1, 0.15) is 49.7 Å². The van der Waals surface area contributed by atoms with Gasteiger partial charge in [0.05, 0.1) is 23.7 Å². The van der Waals surface area contributed by atoms with Gasteiger partial charge in [-0.3, -0.25) is 9.78 Å². The highest BCUT2D eigenvalue weighted by atomic mass is 16.2. The predicted octanol–water partition coefficient (Wildman–Crippen LogP) is 2.98. The average Bonchev–Trinajstić information content (AvgIpc) is 2.45. The van der Waals surface area contributed by atoms with Crippen molar-refractivity contribution in [2.24, 2.45) is 0 Å². The second-order valence-corrected chi connectivity index (χ2v) is 5.30. The molecule has 1 aromatic heterocycles. The lowest BCUT2D eigenvalue weighted by Gasteiger charge is -2.27. The SMILES string of the molecule is CCCNc1cc(C)ncc1C(=O)N(CCC#N)C(C)C. The minimum atomic E-state index is -0.0775. The van der Waals surface area contributed by atoms with E-state index < -0.39 is 0 Å². The van der Waals surface area contributed by atoms with E-state index in [2.05, 4.69) is 23.3 Å². The molecule has 0 fully saturated rings. The second kappa shape index (κ2) is 8.25.